The van der Waals surface area contributed by atoms with Crippen LogP contribution in [0.15, 0.2) is 53.2 Å². The average molecular weight is 390 g/mol. The topological polar surface area (TPSA) is 157 Å². The van der Waals surface area contributed by atoms with Crippen molar-refractivity contribution in [1.29, 1.82) is 0 Å². The molecule has 3 aromatic heterocycles. The Morgan fingerprint density at radius 3 is 2.52 bits per heavy atom. The lowest BCUT2D eigenvalue weighted by Gasteiger charge is -2.17. The molecule has 0 aliphatic carbocycles. The molecule has 11 nitrogen and oxygen atoms in total. The molecule has 3 N–H and O–H groups in total. The van der Waals surface area contributed by atoms with E-state index in [1.54, 1.807) is 11.9 Å². The number of nitrogens with zero attached hydrogens (tertiary/aromatic N) is 7. The summed E-state index contributed by atoms with van der Waals surface area (Å²) in [7, 11) is 1.80. The van der Waals surface area contributed by atoms with Gasteiger partial charge in [0.15, 0.2) is 0 Å². The van der Waals surface area contributed by atoms with E-state index in [0.29, 0.717) is 11.5 Å². The number of carboxylic acid groups (broad SMARTS) is 1. The summed E-state index contributed by atoms with van der Waals surface area (Å²) in [6.45, 7) is 0. The van der Waals surface area contributed by atoms with E-state index >= 15 is 0 Å². The first-order valence-electron chi connectivity index (χ1n) is 8.35. The third kappa shape index (κ3) is 3.69. The van der Waals surface area contributed by atoms with E-state index in [2.05, 4.69) is 30.1 Å². The molecular formula is C18H14N8O3. The van der Waals surface area contributed by atoms with Crippen LogP contribution >= 0.6 is 0 Å². The second-order valence-electron chi connectivity index (χ2n) is 5.87. The van der Waals surface area contributed by atoms with Gasteiger partial charge in [0.2, 0.25) is 23.5 Å². The predicted molar refractivity (Wildman–Crippen MR) is 102 cm³/mol. The number of pyridine rings is 1. The van der Waals surface area contributed by atoms with E-state index in [1.807, 2.05) is 30.3 Å². The highest BCUT2D eigenvalue weighted by Gasteiger charge is 2.18. The van der Waals surface area contributed by atoms with Crippen molar-refractivity contribution in [2.75, 3.05) is 17.7 Å². The van der Waals surface area contributed by atoms with Gasteiger partial charge in [-0.25, -0.2) is 9.78 Å². The fourth-order valence-corrected chi connectivity index (χ4v) is 2.48. The summed E-state index contributed by atoms with van der Waals surface area (Å²) in [6, 6.07) is 12.4. The number of anilines is 3. The van der Waals surface area contributed by atoms with Gasteiger partial charge in [0.05, 0.1) is 5.56 Å². The maximum absolute atomic E-state index is 10.9. The zero-order chi connectivity index (χ0) is 20.4. The van der Waals surface area contributed by atoms with Crippen molar-refractivity contribution in [3.8, 4) is 23.1 Å². The summed E-state index contributed by atoms with van der Waals surface area (Å²) in [4.78, 5) is 33.3. The third-order valence-corrected chi connectivity index (χ3v) is 3.94. The lowest BCUT2D eigenvalue weighted by Crippen LogP contribution is -2.15. The van der Waals surface area contributed by atoms with Gasteiger partial charge < -0.3 is 20.3 Å². The molecule has 29 heavy (non-hydrogen) atoms. The van der Waals surface area contributed by atoms with Gasteiger partial charge in [0, 0.05) is 18.9 Å². The molecule has 4 rings (SSSR count). The van der Waals surface area contributed by atoms with Crippen LogP contribution in [0.2, 0.25) is 0 Å². The summed E-state index contributed by atoms with van der Waals surface area (Å²) < 4.78 is 5.23. The van der Waals surface area contributed by atoms with Gasteiger partial charge in [-0.2, -0.15) is 19.9 Å². The normalized spacial score (nSPS) is 10.7. The molecule has 0 saturated carbocycles. The quantitative estimate of drug-likeness (QED) is 0.513. The Labute approximate surface area is 163 Å². The Morgan fingerprint density at radius 2 is 1.83 bits per heavy atom. The Morgan fingerprint density at radius 1 is 1.03 bits per heavy atom. The molecule has 0 atom stereocenters. The summed E-state index contributed by atoms with van der Waals surface area (Å²) in [6.07, 6.45) is 1.33. The second-order valence-corrected chi connectivity index (χ2v) is 5.87. The first-order chi connectivity index (χ1) is 14.0. The third-order valence-electron chi connectivity index (χ3n) is 3.94. The van der Waals surface area contributed by atoms with Crippen molar-refractivity contribution in [3.05, 3.63) is 54.4 Å². The van der Waals surface area contributed by atoms with Crippen LogP contribution in [-0.2, 0) is 0 Å². The highest BCUT2D eigenvalue weighted by Crippen LogP contribution is 2.24. The fraction of sp³-hybridized carbons (Fsp3) is 0.0556. The van der Waals surface area contributed by atoms with Gasteiger partial charge in [-0.1, -0.05) is 23.4 Å². The Balaban J connectivity index is 1.66. The molecule has 4 aromatic rings. The minimum atomic E-state index is -1.13. The molecule has 0 amide bonds. The number of carboxylic acids is 1. The van der Waals surface area contributed by atoms with E-state index in [4.69, 9.17) is 15.4 Å². The van der Waals surface area contributed by atoms with Crippen molar-refractivity contribution in [3.63, 3.8) is 0 Å². The Bertz CT molecular complexity index is 1160. The number of hydrogen-bond acceptors (Lipinski definition) is 10. The van der Waals surface area contributed by atoms with Gasteiger partial charge >= 0.3 is 5.97 Å². The molecule has 0 bridgehead atoms. The summed E-state index contributed by atoms with van der Waals surface area (Å²) in [5.74, 6) is -0.413. The number of aromatic nitrogens is 6. The number of carbonyl (C=O) groups is 1. The van der Waals surface area contributed by atoms with Crippen molar-refractivity contribution >= 4 is 23.6 Å². The van der Waals surface area contributed by atoms with Crippen molar-refractivity contribution < 1.29 is 14.4 Å². The zero-order valence-electron chi connectivity index (χ0n) is 15.1. The van der Waals surface area contributed by atoms with Crippen LogP contribution in [0.4, 0.5) is 17.6 Å². The Kier molecular flexibility index (Phi) is 4.53. The van der Waals surface area contributed by atoms with Crippen LogP contribution in [0, 0.1) is 0 Å². The number of benzene rings is 1. The highest BCUT2D eigenvalue weighted by molar-refractivity contribution is 5.85. The molecule has 3 heterocycles. The summed E-state index contributed by atoms with van der Waals surface area (Å²) in [5, 5.41) is 12.8. The molecule has 1 aromatic carbocycles. The summed E-state index contributed by atoms with van der Waals surface area (Å²) >= 11 is 0. The maximum Gasteiger partial charge on any atom is 0.354 e. The number of nitrogens with two attached hydrogens (primary N) is 1. The molecule has 0 spiro atoms. The molecule has 144 valence electrons. The van der Waals surface area contributed by atoms with E-state index in [9.17, 15) is 4.79 Å². The lowest BCUT2D eigenvalue weighted by molar-refractivity contribution is 0.0690. The monoisotopic (exact) mass is 390 g/mol. The van der Waals surface area contributed by atoms with Crippen molar-refractivity contribution in [2.24, 2.45) is 0 Å². The van der Waals surface area contributed by atoms with E-state index in [0.717, 1.165) is 5.69 Å². The molecule has 0 aliphatic rings. The number of nitrogen functional groups attached to an aromatic ring is 1. The largest absolute Gasteiger partial charge is 0.477 e. The first kappa shape index (κ1) is 18.0. The zero-order valence-corrected chi connectivity index (χ0v) is 15.1. The predicted octanol–water partition coefficient (Wildman–Crippen LogP) is 2.03. The number of hydrogen-bond donors (Lipinski definition) is 2. The first-order valence-corrected chi connectivity index (χ1v) is 8.35. The van der Waals surface area contributed by atoms with E-state index < -0.39 is 5.97 Å². The van der Waals surface area contributed by atoms with Crippen molar-refractivity contribution in [1.82, 2.24) is 30.1 Å². The molecular weight excluding hydrogens is 376 g/mol. The van der Waals surface area contributed by atoms with Crippen LogP contribution in [0.1, 0.15) is 10.5 Å². The summed E-state index contributed by atoms with van der Waals surface area (Å²) in [5.41, 5.74) is 7.06. The molecule has 0 radical (unpaired) electrons. The SMILES string of the molecule is CN(c1ccccc1)c1nc(N)nc(-c2noc(-c3ccc(C(=O)O)nc3)n2)n1. The van der Waals surface area contributed by atoms with Crippen LogP contribution < -0.4 is 10.6 Å². The van der Waals surface area contributed by atoms with Crippen LogP contribution in [0.5, 0.6) is 0 Å². The van der Waals surface area contributed by atoms with Gasteiger partial charge in [-0.15, -0.1) is 0 Å². The highest BCUT2D eigenvalue weighted by atomic mass is 16.5. The van der Waals surface area contributed by atoms with E-state index in [-0.39, 0.29) is 29.2 Å². The van der Waals surface area contributed by atoms with Gasteiger partial charge in [-0.05, 0) is 24.3 Å². The van der Waals surface area contributed by atoms with Gasteiger partial charge in [0.25, 0.3) is 5.89 Å². The average Bonchev–Trinajstić information content (AvgIpc) is 3.24. The lowest BCUT2D eigenvalue weighted by atomic mass is 10.2. The second kappa shape index (κ2) is 7.31. The van der Waals surface area contributed by atoms with Crippen LogP contribution in [-0.4, -0.2) is 48.2 Å². The van der Waals surface area contributed by atoms with Crippen molar-refractivity contribution in [2.45, 2.75) is 0 Å². The molecule has 11 heteroatoms. The minimum Gasteiger partial charge on any atom is -0.477 e. The number of aromatic carboxylic acids is 1. The van der Waals surface area contributed by atoms with E-state index in [1.165, 1.54) is 18.3 Å². The number of para-hydroxylation sites is 1. The molecule has 0 unspecified atom stereocenters. The minimum absolute atomic E-state index is 0.00612. The molecule has 0 fully saturated rings. The smallest absolute Gasteiger partial charge is 0.354 e. The maximum atomic E-state index is 10.9. The van der Waals surface area contributed by atoms with Gasteiger partial charge in [0.1, 0.15) is 5.69 Å². The van der Waals surface area contributed by atoms with Crippen LogP contribution in [0.25, 0.3) is 23.1 Å². The van der Waals surface area contributed by atoms with Crippen LogP contribution in [0.3, 0.4) is 0 Å². The fourth-order valence-electron chi connectivity index (χ4n) is 2.48. The molecule has 0 saturated heterocycles. The van der Waals surface area contributed by atoms with Gasteiger partial charge in [-0.3, -0.25) is 0 Å². The number of rotatable bonds is 5. The standard InChI is InChI=1S/C18H14N8O3/c1-26(11-5-3-2-4-6-11)18-23-13(22-17(19)24-18)14-21-15(29-25-14)10-7-8-12(16(27)28)20-9-10/h2-9H,1H3,(H,27,28)(H2,19,22,23,24). The Hall–Kier alpha value is -4.41. The molecule has 0 aliphatic heterocycles.